The largest absolute Gasteiger partial charge is 0.381 e. The molecule has 1 heterocycles. The van der Waals surface area contributed by atoms with E-state index in [1.807, 2.05) is 19.4 Å². The van der Waals surface area contributed by atoms with Gasteiger partial charge in [0.05, 0.1) is 0 Å². The first kappa shape index (κ1) is 14.4. The van der Waals surface area contributed by atoms with Crippen molar-refractivity contribution >= 4 is 23.4 Å². The van der Waals surface area contributed by atoms with Crippen molar-refractivity contribution in [3.05, 3.63) is 6.07 Å². The molecule has 19 heavy (non-hydrogen) atoms. The van der Waals surface area contributed by atoms with E-state index < -0.39 is 0 Å². The van der Waals surface area contributed by atoms with E-state index >= 15 is 0 Å². The first-order chi connectivity index (χ1) is 9.31. The van der Waals surface area contributed by atoms with Gasteiger partial charge < -0.3 is 15.4 Å². The fraction of sp³-hybridized carbons (Fsp3) is 0.692. The van der Waals surface area contributed by atoms with Crippen LogP contribution in [0.4, 0.5) is 11.6 Å². The van der Waals surface area contributed by atoms with E-state index in [9.17, 15) is 0 Å². The Morgan fingerprint density at radius 2 is 2.16 bits per heavy atom. The second-order valence-corrected chi connectivity index (χ2v) is 5.45. The minimum atomic E-state index is 0.777. The zero-order valence-corrected chi connectivity index (χ0v) is 12.4. The molecule has 1 saturated carbocycles. The molecule has 0 bridgehead atoms. The smallest absolute Gasteiger partial charge is 0.191 e. The van der Waals surface area contributed by atoms with Gasteiger partial charge in [-0.1, -0.05) is 11.8 Å². The van der Waals surface area contributed by atoms with Crippen LogP contribution < -0.4 is 10.6 Å². The fourth-order valence-electron chi connectivity index (χ4n) is 1.66. The van der Waals surface area contributed by atoms with Crippen molar-refractivity contribution in [2.24, 2.45) is 5.92 Å². The summed E-state index contributed by atoms with van der Waals surface area (Å²) in [5.74, 6) is 2.55. The first-order valence-corrected chi connectivity index (χ1v) is 7.96. The van der Waals surface area contributed by atoms with E-state index in [1.165, 1.54) is 12.8 Å². The zero-order chi connectivity index (χ0) is 13.5. The number of aromatic nitrogens is 2. The van der Waals surface area contributed by atoms with Gasteiger partial charge in [-0.05, 0) is 31.4 Å². The summed E-state index contributed by atoms with van der Waals surface area (Å²) >= 11 is 1.54. The standard InChI is InChI=1S/C13H22N4OS/c1-14-11-8-12(17-13(16-11)19-2)15-6-3-7-18-9-10-4-5-10/h8,10H,3-7,9H2,1-2H3,(H2,14,15,16,17). The maximum Gasteiger partial charge on any atom is 0.191 e. The molecule has 1 aromatic rings. The monoisotopic (exact) mass is 282 g/mol. The van der Waals surface area contributed by atoms with Gasteiger partial charge >= 0.3 is 0 Å². The maximum atomic E-state index is 5.60. The quantitative estimate of drug-likeness (QED) is 0.412. The lowest BCUT2D eigenvalue weighted by atomic mass is 10.4. The molecule has 106 valence electrons. The summed E-state index contributed by atoms with van der Waals surface area (Å²) in [6.45, 7) is 2.63. The first-order valence-electron chi connectivity index (χ1n) is 6.74. The molecule has 1 aliphatic rings. The van der Waals surface area contributed by atoms with Crippen LogP contribution in [0, 0.1) is 5.92 Å². The van der Waals surface area contributed by atoms with Gasteiger partial charge in [0.1, 0.15) is 11.6 Å². The Balaban J connectivity index is 1.68. The van der Waals surface area contributed by atoms with E-state index in [0.717, 1.165) is 48.9 Å². The lowest BCUT2D eigenvalue weighted by Gasteiger charge is -2.09. The van der Waals surface area contributed by atoms with Crippen LogP contribution in [-0.4, -0.2) is 43.0 Å². The highest BCUT2D eigenvalue weighted by Gasteiger charge is 2.20. The van der Waals surface area contributed by atoms with Crippen molar-refractivity contribution in [2.75, 3.05) is 43.7 Å². The normalized spacial score (nSPS) is 14.4. The number of nitrogens with zero attached hydrogens (tertiary/aromatic N) is 2. The van der Waals surface area contributed by atoms with Gasteiger partial charge in [0.25, 0.3) is 0 Å². The molecule has 6 heteroatoms. The second kappa shape index (κ2) is 7.55. The fourth-order valence-corrected chi connectivity index (χ4v) is 2.04. The topological polar surface area (TPSA) is 59.1 Å². The molecule has 0 amide bonds. The van der Waals surface area contributed by atoms with E-state index in [4.69, 9.17) is 4.74 Å². The van der Waals surface area contributed by atoms with Gasteiger partial charge in [0.15, 0.2) is 5.16 Å². The van der Waals surface area contributed by atoms with Crippen molar-refractivity contribution < 1.29 is 4.74 Å². The second-order valence-electron chi connectivity index (χ2n) is 4.67. The molecule has 1 aliphatic carbocycles. The third-order valence-electron chi connectivity index (χ3n) is 2.97. The average molecular weight is 282 g/mol. The molecule has 1 aromatic heterocycles. The van der Waals surface area contributed by atoms with E-state index in [0.29, 0.717) is 0 Å². The number of rotatable bonds is 9. The van der Waals surface area contributed by atoms with Crippen molar-refractivity contribution in [1.82, 2.24) is 9.97 Å². The molecule has 0 unspecified atom stereocenters. The number of nitrogens with one attached hydrogen (secondary N) is 2. The van der Waals surface area contributed by atoms with Crippen LogP contribution in [0.1, 0.15) is 19.3 Å². The van der Waals surface area contributed by atoms with Crippen LogP contribution in [0.5, 0.6) is 0 Å². The molecule has 0 aliphatic heterocycles. The SMILES string of the molecule is CNc1cc(NCCCOCC2CC2)nc(SC)n1. The summed E-state index contributed by atoms with van der Waals surface area (Å²) in [4.78, 5) is 8.75. The third kappa shape index (κ3) is 5.24. The minimum absolute atomic E-state index is 0.777. The van der Waals surface area contributed by atoms with Gasteiger partial charge in [0, 0.05) is 32.9 Å². The van der Waals surface area contributed by atoms with Crippen LogP contribution in [0.2, 0.25) is 0 Å². The summed E-state index contributed by atoms with van der Waals surface area (Å²) in [7, 11) is 1.86. The lowest BCUT2D eigenvalue weighted by molar-refractivity contribution is 0.124. The molecular weight excluding hydrogens is 260 g/mol. The van der Waals surface area contributed by atoms with Gasteiger partial charge in [-0.25, -0.2) is 9.97 Å². The summed E-state index contributed by atoms with van der Waals surface area (Å²) in [6, 6.07) is 1.92. The Kier molecular flexibility index (Phi) is 5.72. The molecule has 2 N–H and O–H groups in total. The molecule has 2 rings (SSSR count). The average Bonchev–Trinajstić information content (AvgIpc) is 3.26. The predicted molar refractivity (Wildman–Crippen MR) is 80.0 cm³/mol. The Morgan fingerprint density at radius 1 is 1.37 bits per heavy atom. The molecule has 5 nitrogen and oxygen atoms in total. The van der Waals surface area contributed by atoms with Crippen LogP contribution in [0.15, 0.2) is 11.2 Å². The van der Waals surface area contributed by atoms with Crippen LogP contribution in [0.3, 0.4) is 0 Å². The maximum absolute atomic E-state index is 5.60. The number of hydrogen-bond donors (Lipinski definition) is 2. The van der Waals surface area contributed by atoms with Crippen molar-refractivity contribution in [1.29, 1.82) is 0 Å². The lowest BCUT2D eigenvalue weighted by Crippen LogP contribution is -2.09. The van der Waals surface area contributed by atoms with Crippen molar-refractivity contribution in [2.45, 2.75) is 24.4 Å². The molecule has 0 radical (unpaired) electrons. The molecule has 0 aromatic carbocycles. The summed E-state index contributed by atoms with van der Waals surface area (Å²) in [5.41, 5.74) is 0. The highest BCUT2D eigenvalue weighted by atomic mass is 32.2. The van der Waals surface area contributed by atoms with Gasteiger partial charge in [0.2, 0.25) is 0 Å². The molecule has 0 atom stereocenters. The highest BCUT2D eigenvalue weighted by Crippen LogP contribution is 2.28. The molecule has 0 saturated heterocycles. The van der Waals surface area contributed by atoms with E-state index in [1.54, 1.807) is 11.8 Å². The van der Waals surface area contributed by atoms with Crippen molar-refractivity contribution in [3.8, 4) is 0 Å². The Morgan fingerprint density at radius 3 is 2.84 bits per heavy atom. The summed E-state index contributed by atoms with van der Waals surface area (Å²) in [5, 5.41) is 7.13. The molecular formula is C13H22N4OS. The third-order valence-corrected chi connectivity index (χ3v) is 3.51. The van der Waals surface area contributed by atoms with Crippen LogP contribution >= 0.6 is 11.8 Å². The van der Waals surface area contributed by atoms with Crippen LogP contribution in [0.25, 0.3) is 0 Å². The van der Waals surface area contributed by atoms with E-state index in [2.05, 4.69) is 20.6 Å². The highest BCUT2D eigenvalue weighted by molar-refractivity contribution is 7.98. The Hall–Kier alpha value is -1.01. The van der Waals surface area contributed by atoms with Gasteiger partial charge in [-0.2, -0.15) is 0 Å². The number of ether oxygens (including phenoxy) is 1. The summed E-state index contributed by atoms with van der Waals surface area (Å²) < 4.78 is 5.60. The minimum Gasteiger partial charge on any atom is -0.381 e. The Bertz CT molecular complexity index is 376. The van der Waals surface area contributed by atoms with Crippen LogP contribution in [-0.2, 0) is 4.74 Å². The molecule has 1 fully saturated rings. The number of hydrogen-bond acceptors (Lipinski definition) is 6. The summed E-state index contributed by atoms with van der Waals surface area (Å²) in [6.07, 6.45) is 5.68. The predicted octanol–water partition coefficient (Wildman–Crippen LogP) is 2.47. The number of anilines is 2. The zero-order valence-electron chi connectivity index (χ0n) is 11.6. The van der Waals surface area contributed by atoms with E-state index in [-0.39, 0.29) is 0 Å². The van der Waals surface area contributed by atoms with Crippen molar-refractivity contribution in [3.63, 3.8) is 0 Å². The van der Waals surface area contributed by atoms with Gasteiger partial charge in [-0.3, -0.25) is 0 Å². The Labute approximate surface area is 118 Å². The molecule has 0 spiro atoms. The van der Waals surface area contributed by atoms with Gasteiger partial charge in [-0.15, -0.1) is 0 Å². The number of thioether (sulfide) groups is 1.